The standard InChI is InChI=1S/C30H31F3N8O/c31-30(32,33)28-37-29(36-24-11-8-21-9-12-25(13-10-22(21)16-24)40-14-4-5-15-40)41(39-28)26-17-23(19-35-38-26)27(42)34-18-20-6-2-1-3-7-20/h1-3,6-8,11,16-17,19,25H,4-5,9-10,12-15,18H2,(H,34,42)(H,36,37,39). The van der Waals surface area contributed by atoms with Crippen LogP contribution in [0.4, 0.5) is 24.8 Å². The molecule has 1 aliphatic heterocycles. The second-order valence-electron chi connectivity index (χ2n) is 10.7. The second kappa shape index (κ2) is 11.9. The van der Waals surface area contributed by atoms with Gasteiger partial charge >= 0.3 is 6.18 Å². The largest absolute Gasteiger partial charge is 0.453 e. The molecule has 42 heavy (non-hydrogen) atoms. The molecular formula is C30H31F3N8O. The van der Waals surface area contributed by atoms with Crippen molar-refractivity contribution in [1.82, 2.24) is 35.2 Å². The lowest BCUT2D eigenvalue weighted by Crippen LogP contribution is -2.32. The highest BCUT2D eigenvalue weighted by Gasteiger charge is 2.38. The van der Waals surface area contributed by atoms with Gasteiger partial charge in [-0.3, -0.25) is 4.79 Å². The van der Waals surface area contributed by atoms with Gasteiger partial charge in [0, 0.05) is 18.3 Å². The summed E-state index contributed by atoms with van der Waals surface area (Å²) in [5, 5.41) is 17.3. The molecule has 1 atom stereocenters. The first-order chi connectivity index (χ1) is 20.3. The Morgan fingerprint density at radius 2 is 1.74 bits per heavy atom. The average molecular weight is 577 g/mol. The Balaban J connectivity index is 1.23. The topological polar surface area (TPSA) is 101 Å². The Hall–Kier alpha value is -4.32. The maximum atomic E-state index is 13.7. The van der Waals surface area contributed by atoms with E-state index >= 15 is 0 Å². The van der Waals surface area contributed by atoms with Crippen LogP contribution in [0.1, 0.15) is 58.6 Å². The van der Waals surface area contributed by atoms with Crippen molar-refractivity contribution in [2.24, 2.45) is 0 Å². The van der Waals surface area contributed by atoms with Crippen molar-refractivity contribution in [3.63, 3.8) is 0 Å². The van der Waals surface area contributed by atoms with Crippen molar-refractivity contribution >= 4 is 17.5 Å². The zero-order valence-corrected chi connectivity index (χ0v) is 22.9. The number of amides is 1. The van der Waals surface area contributed by atoms with Crippen LogP contribution < -0.4 is 10.6 Å². The van der Waals surface area contributed by atoms with Crippen LogP contribution in [-0.4, -0.2) is 54.9 Å². The van der Waals surface area contributed by atoms with Gasteiger partial charge in [-0.25, -0.2) is 0 Å². The number of nitrogens with one attached hydrogen (secondary N) is 2. The maximum Gasteiger partial charge on any atom is 0.453 e. The first-order valence-corrected chi connectivity index (χ1v) is 14.2. The minimum Gasteiger partial charge on any atom is -0.348 e. The molecule has 1 fully saturated rings. The molecule has 2 aromatic heterocycles. The van der Waals surface area contributed by atoms with E-state index in [2.05, 4.69) is 35.8 Å². The summed E-state index contributed by atoms with van der Waals surface area (Å²) in [6.45, 7) is 2.59. The fourth-order valence-corrected chi connectivity index (χ4v) is 5.71. The Kier molecular flexibility index (Phi) is 7.88. The number of rotatable bonds is 7. The zero-order chi connectivity index (χ0) is 29.1. The van der Waals surface area contributed by atoms with Crippen molar-refractivity contribution in [3.05, 3.63) is 88.9 Å². The van der Waals surface area contributed by atoms with Crippen molar-refractivity contribution in [1.29, 1.82) is 0 Å². The number of halogens is 3. The summed E-state index contributed by atoms with van der Waals surface area (Å²) in [4.78, 5) is 19.1. The van der Waals surface area contributed by atoms with Crippen LogP contribution in [0.2, 0.25) is 0 Å². The van der Waals surface area contributed by atoms with Gasteiger partial charge in [0.15, 0.2) is 5.82 Å². The minimum atomic E-state index is -4.78. The number of carbonyl (C=O) groups excluding carboxylic acids is 1. The lowest BCUT2D eigenvalue weighted by molar-refractivity contribution is -0.144. The SMILES string of the molecule is O=C(NCc1ccccc1)c1cnnc(-n2nc(C(F)(F)F)nc2Nc2ccc3c(c2)CCC(N2CCCC2)CC3)c1. The van der Waals surface area contributed by atoms with Crippen LogP contribution in [0.3, 0.4) is 0 Å². The Morgan fingerprint density at radius 3 is 2.50 bits per heavy atom. The monoisotopic (exact) mass is 576 g/mol. The number of fused-ring (bicyclic) bond motifs is 1. The van der Waals surface area contributed by atoms with Crippen molar-refractivity contribution in [3.8, 4) is 5.82 Å². The number of aryl methyl sites for hydroxylation is 2. The van der Waals surface area contributed by atoms with E-state index in [1.807, 2.05) is 48.5 Å². The molecule has 2 aliphatic rings. The molecule has 1 saturated heterocycles. The fourth-order valence-electron chi connectivity index (χ4n) is 5.71. The lowest BCUT2D eigenvalue weighted by atomic mass is 10.0. The lowest BCUT2D eigenvalue weighted by Gasteiger charge is -2.25. The molecule has 0 bridgehead atoms. The van der Waals surface area contributed by atoms with E-state index in [0.717, 1.165) is 49.0 Å². The summed E-state index contributed by atoms with van der Waals surface area (Å²) in [5.41, 5.74) is 4.07. The quantitative estimate of drug-likeness (QED) is 0.296. The number of anilines is 2. The smallest absolute Gasteiger partial charge is 0.348 e. The van der Waals surface area contributed by atoms with Gasteiger partial charge in [0.2, 0.25) is 5.95 Å². The van der Waals surface area contributed by atoms with Gasteiger partial charge in [-0.05, 0) is 86.5 Å². The zero-order valence-electron chi connectivity index (χ0n) is 22.9. The van der Waals surface area contributed by atoms with Gasteiger partial charge in [-0.1, -0.05) is 36.4 Å². The summed E-state index contributed by atoms with van der Waals surface area (Å²) in [5.74, 6) is -2.02. The number of hydrogen-bond donors (Lipinski definition) is 2. The number of nitrogens with zero attached hydrogens (tertiary/aromatic N) is 6. The maximum absolute atomic E-state index is 13.7. The number of hydrogen-bond acceptors (Lipinski definition) is 7. The van der Waals surface area contributed by atoms with Gasteiger partial charge in [-0.15, -0.1) is 10.2 Å². The highest BCUT2D eigenvalue weighted by molar-refractivity contribution is 5.94. The molecule has 12 heteroatoms. The Bertz CT molecular complexity index is 1550. The number of benzene rings is 2. The van der Waals surface area contributed by atoms with E-state index in [4.69, 9.17) is 0 Å². The van der Waals surface area contributed by atoms with Gasteiger partial charge in [0.25, 0.3) is 11.7 Å². The van der Waals surface area contributed by atoms with Gasteiger partial charge in [-0.2, -0.15) is 27.9 Å². The van der Waals surface area contributed by atoms with Crippen molar-refractivity contribution < 1.29 is 18.0 Å². The molecule has 218 valence electrons. The van der Waals surface area contributed by atoms with E-state index in [9.17, 15) is 18.0 Å². The van der Waals surface area contributed by atoms with Gasteiger partial charge in [0.05, 0.1) is 11.8 Å². The van der Waals surface area contributed by atoms with Crippen LogP contribution in [0.25, 0.3) is 5.82 Å². The van der Waals surface area contributed by atoms with E-state index in [-0.39, 0.29) is 23.9 Å². The average Bonchev–Trinajstić information content (AvgIpc) is 3.64. The van der Waals surface area contributed by atoms with E-state index < -0.39 is 17.9 Å². The first kappa shape index (κ1) is 27.8. The predicted molar refractivity (Wildman–Crippen MR) is 151 cm³/mol. The van der Waals surface area contributed by atoms with Crippen LogP contribution in [-0.2, 0) is 25.6 Å². The number of aromatic nitrogens is 5. The summed E-state index contributed by atoms with van der Waals surface area (Å²) in [6, 6.07) is 17.1. The molecule has 2 aromatic carbocycles. The highest BCUT2D eigenvalue weighted by Crippen LogP contribution is 2.31. The second-order valence-corrected chi connectivity index (χ2v) is 10.7. The minimum absolute atomic E-state index is 0.0731. The molecule has 0 spiro atoms. The summed E-state index contributed by atoms with van der Waals surface area (Å²) < 4.78 is 41.9. The normalized spacial score (nSPS) is 17.5. The highest BCUT2D eigenvalue weighted by atomic mass is 19.4. The van der Waals surface area contributed by atoms with Gasteiger partial charge in [0.1, 0.15) is 0 Å². The van der Waals surface area contributed by atoms with Crippen LogP contribution in [0, 0.1) is 0 Å². The molecule has 1 aliphatic carbocycles. The predicted octanol–water partition coefficient (Wildman–Crippen LogP) is 5.09. The van der Waals surface area contributed by atoms with Gasteiger partial charge < -0.3 is 15.5 Å². The van der Waals surface area contributed by atoms with Crippen molar-refractivity contribution in [2.75, 3.05) is 18.4 Å². The van der Waals surface area contributed by atoms with E-state index in [1.54, 1.807) is 0 Å². The first-order valence-electron chi connectivity index (χ1n) is 14.2. The van der Waals surface area contributed by atoms with Crippen LogP contribution >= 0.6 is 0 Å². The van der Waals surface area contributed by atoms with Crippen molar-refractivity contribution in [2.45, 2.75) is 57.3 Å². The Labute approximate surface area is 241 Å². The third-order valence-corrected chi connectivity index (χ3v) is 7.89. The molecule has 1 unspecified atom stereocenters. The molecule has 6 rings (SSSR count). The fraction of sp³-hybridized carbons (Fsp3) is 0.367. The molecule has 3 heterocycles. The molecule has 1 amide bonds. The van der Waals surface area contributed by atoms with Crippen LogP contribution in [0.5, 0.6) is 0 Å². The number of likely N-dealkylation sites (tertiary alicyclic amines) is 1. The molecular weight excluding hydrogens is 545 g/mol. The molecule has 4 aromatic rings. The molecule has 9 nitrogen and oxygen atoms in total. The third-order valence-electron chi connectivity index (χ3n) is 7.89. The summed E-state index contributed by atoms with van der Waals surface area (Å²) in [7, 11) is 0. The third kappa shape index (κ3) is 6.28. The summed E-state index contributed by atoms with van der Waals surface area (Å²) in [6.07, 6.45) is 3.01. The van der Waals surface area contributed by atoms with Crippen LogP contribution in [0.15, 0.2) is 60.8 Å². The molecule has 2 N–H and O–H groups in total. The van der Waals surface area contributed by atoms with E-state index in [1.165, 1.54) is 36.2 Å². The summed E-state index contributed by atoms with van der Waals surface area (Å²) >= 11 is 0. The van der Waals surface area contributed by atoms with E-state index in [0.29, 0.717) is 11.7 Å². The Morgan fingerprint density at radius 1 is 0.976 bits per heavy atom. The molecule has 0 radical (unpaired) electrons. The molecule has 0 saturated carbocycles. The number of alkyl halides is 3. The number of carbonyl (C=O) groups is 1.